The minimum atomic E-state index is -0.136. The van der Waals surface area contributed by atoms with E-state index < -0.39 is 0 Å². The van der Waals surface area contributed by atoms with E-state index in [0.717, 1.165) is 25.7 Å². The molecule has 7 nitrogen and oxygen atoms in total. The number of amides is 3. The van der Waals surface area contributed by atoms with Crippen LogP contribution in [0.5, 0.6) is 5.75 Å². The van der Waals surface area contributed by atoms with Gasteiger partial charge in [-0.3, -0.25) is 14.4 Å². The van der Waals surface area contributed by atoms with E-state index in [4.69, 9.17) is 16.3 Å². The van der Waals surface area contributed by atoms with Crippen LogP contribution in [0.15, 0.2) is 18.2 Å². The van der Waals surface area contributed by atoms with Gasteiger partial charge in [0.15, 0.2) is 0 Å². The lowest BCUT2D eigenvalue weighted by molar-refractivity contribution is -0.127. The molecule has 3 rings (SSSR count). The van der Waals surface area contributed by atoms with Crippen LogP contribution in [0.3, 0.4) is 0 Å². The summed E-state index contributed by atoms with van der Waals surface area (Å²) in [6.45, 7) is 1.89. The van der Waals surface area contributed by atoms with Gasteiger partial charge in [-0.25, -0.2) is 0 Å². The normalized spacial score (nSPS) is 17.8. The molecule has 1 aliphatic carbocycles. The molecular formula is C23H32ClN3O4. The van der Waals surface area contributed by atoms with E-state index >= 15 is 0 Å². The Morgan fingerprint density at radius 3 is 2.13 bits per heavy atom. The van der Waals surface area contributed by atoms with Crippen molar-refractivity contribution < 1.29 is 19.1 Å². The zero-order valence-corrected chi connectivity index (χ0v) is 18.9. The lowest BCUT2D eigenvalue weighted by Gasteiger charge is -2.31. The number of rotatable bonds is 7. The Kier molecular flexibility index (Phi) is 8.58. The maximum absolute atomic E-state index is 12.9. The maximum atomic E-state index is 12.9. The molecule has 2 fully saturated rings. The summed E-state index contributed by atoms with van der Waals surface area (Å²) in [6.07, 6.45) is 6.62. The number of benzene rings is 1. The van der Waals surface area contributed by atoms with Crippen LogP contribution in [0.25, 0.3) is 0 Å². The van der Waals surface area contributed by atoms with Crippen molar-refractivity contribution in [3.05, 3.63) is 28.8 Å². The second-order valence-corrected chi connectivity index (χ2v) is 8.76. The number of halogens is 1. The first-order valence-corrected chi connectivity index (χ1v) is 11.6. The van der Waals surface area contributed by atoms with E-state index in [1.165, 1.54) is 13.5 Å². The molecule has 1 heterocycles. The number of carbonyl (C=O) groups excluding carboxylic acids is 3. The van der Waals surface area contributed by atoms with Crippen molar-refractivity contribution in [2.45, 2.75) is 44.9 Å². The highest BCUT2D eigenvalue weighted by Gasteiger charge is 2.29. The molecule has 1 aliphatic heterocycles. The van der Waals surface area contributed by atoms with Crippen LogP contribution < -0.4 is 15.4 Å². The topological polar surface area (TPSA) is 87.7 Å². The molecule has 170 valence electrons. The summed E-state index contributed by atoms with van der Waals surface area (Å²) in [5.74, 6) is 0.452. The summed E-state index contributed by atoms with van der Waals surface area (Å²) in [5.41, 5.74) is 0.437. The first-order valence-electron chi connectivity index (χ1n) is 11.2. The monoisotopic (exact) mass is 449 g/mol. The van der Waals surface area contributed by atoms with Crippen molar-refractivity contribution >= 4 is 29.3 Å². The van der Waals surface area contributed by atoms with Gasteiger partial charge in [0.1, 0.15) is 5.75 Å². The van der Waals surface area contributed by atoms with Gasteiger partial charge < -0.3 is 20.3 Å². The van der Waals surface area contributed by atoms with E-state index in [1.807, 2.05) is 0 Å². The Morgan fingerprint density at radius 1 is 0.968 bits per heavy atom. The van der Waals surface area contributed by atoms with E-state index in [9.17, 15) is 14.4 Å². The smallest absolute Gasteiger partial charge is 0.257 e. The Morgan fingerprint density at radius 2 is 1.55 bits per heavy atom. The highest BCUT2D eigenvalue weighted by atomic mass is 35.5. The molecule has 0 atom stereocenters. The molecule has 3 amide bonds. The second kappa shape index (κ2) is 11.4. The number of methoxy groups -OCH3 is 1. The van der Waals surface area contributed by atoms with E-state index in [1.54, 1.807) is 23.1 Å². The van der Waals surface area contributed by atoms with Crippen molar-refractivity contribution in [2.75, 3.05) is 33.3 Å². The van der Waals surface area contributed by atoms with Gasteiger partial charge in [-0.1, -0.05) is 30.9 Å². The summed E-state index contributed by atoms with van der Waals surface area (Å²) >= 11 is 6.04. The molecular weight excluding hydrogens is 418 g/mol. The second-order valence-electron chi connectivity index (χ2n) is 8.33. The molecule has 0 unspecified atom stereocenters. The van der Waals surface area contributed by atoms with Crippen molar-refractivity contribution in [2.24, 2.45) is 11.8 Å². The fourth-order valence-electron chi connectivity index (χ4n) is 4.39. The number of piperidine rings is 1. The number of nitrogens with zero attached hydrogens (tertiary/aromatic N) is 1. The first kappa shape index (κ1) is 23.4. The molecule has 1 aromatic carbocycles. The van der Waals surface area contributed by atoms with Crippen molar-refractivity contribution in [3.63, 3.8) is 0 Å². The van der Waals surface area contributed by atoms with Gasteiger partial charge in [0.2, 0.25) is 11.8 Å². The van der Waals surface area contributed by atoms with E-state index in [2.05, 4.69) is 10.6 Å². The molecule has 1 saturated carbocycles. The van der Waals surface area contributed by atoms with Gasteiger partial charge >= 0.3 is 0 Å². The lowest BCUT2D eigenvalue weighted by Crippen LogP contribution is -2.44. The Labute approximate surface area is 188 Å². The minimum Gasteiger partial charge on any atom is -0.496 e. The van der Waals surface area contributed by atoms with Crippen molar-refractivity contribution in [1.82, 2.24) is 15.5 Å². The van der Waals surface area contributed by atoms with Gasteiger partial charge in [0.05, 0.1) is 12.7 Å². The largest absolute Gasteiger partial charge is 0.496 e. The Balaban J connectivity index is 1.39. The van der Waals surface area contributed by atoms with Crippen LogP contribution in [0.4, 0.5) is 0 Å². The SMILES string of the molecule is COc1ccc(Cl)cc1C(=O)N1CCC(C(=O)NCCNC(=O)C2CCCCC2)CC1. The van der Waals surface area contributed by atoms with Gasteiger partial charge in [-0.2, -0.15) is 0 Å². The zero-order chi connectivity index (χ0) is 22.2. The van der Waals surface area contributed by atoms with Crippen LogP contribution >= 0.6 is 11.6 Å². The van der Waals surface area contributed by atoms with Gasteiger partial charge in [0, 0.05) is 43.0 Å². The fourth-order valence-corrected chi connectivity index (χ4v) is 4.56. The van der Waals surface area contributed by atoms with Crippen LogP contribution in [0.2, 0.25) is 5.02 Å². The Bertz CT molecular complexity index is 787. The van der Waals surface area contributed by atoms with Crippen molar-refractivity contribution in [3.8, 4) is 5.75 Å². The molecule has 2 N–H and O–H groups in total. The summed E-state index contributed by atoms with van der Waals surface area (Å²) in [5, 5.41) is 6.34. The summed E-state index contributed by atoms with van der Waals surface area (Å²) in [6, 6.07) is 4.98. The summed E-state index contributed by atoms with van der Waals surface area (Å²) < 4.78 is 5.28. The summed E-state index contributed by atoms with van der Waals surface area (Å²) in [4.78, 5) is 39.2. The van der Waals surface area contributed by atoms with E-state index in [-0.39, 0.29) is 29.6 Å². The molecule has 0 bridgehead atoms. The quantitative estimate of drug-likeness (QED) is 0.626. The molecule has 1 saturated heterocycles. The minimum absolute atomic E-state index is 0.0145. The maximum Gasteiger partial charge on any atom is 0.257 e. The predicted octanol–water partition coefficient (Wildman–Crippen LogP) is 3.01. The van der Waals surface area contributed by atoms with Gasteiger partial charge in [0.25, 0.3) is 5.91 Å². The van der Waals surface area contributed by atoms with E-state index in [0.29, 0.717) is 55.4 Å². The molecule has 0 aromatic heterocycles. The van der Waals surface area contributed by atoms with Crippen LogP contribution in [-0.4, -0.2) is 55.9 Å². The van der Waals surface area contributed by atoms with Crippen LogP contribution in [-0.2, 0) is 9.59 Å². The standard InChI is InChI=1S/C23H32ClN3O4/c1-31-20-8-7-18(24)15-19(20)23(30)27-13-9-17(10-14-27)22(29)26-12-11-25-21(28)16-5-3-2-4-6-16/h7-8,15-17H,2-6,9-14H2,1H3,(H,25,28)(H,26,29). The highest BCUT2D eigenvalue weighted by Crippen LogP contribution is 2.26. The molecule has 1 aromatic rings. The highest BCUT2D eigenvalue weighted by molar-refractivity contribution is 6.31. The van der Waals surface area contributed by atoms with Gasteiger partial charge in [-0.05, 0) is 43.9 Å². The van der Waals surface area contributed by atoms with Crippen molar-refractivity contribution in [1.29, 1.82) is 0 Å². The Hall–Kier alpha value is -2.28. The third kappa shape index (κ3) is 6.35. The van der Waals surface area contributed by atoms with Crippen LogP contribution in [0, 0.1) is 11.8 Å². The first-order chi connectivity index (χ1) is 15.0. The third-order valence-electron chi connectivity index (χ3n) is 6.24. The fraction of sp³-hybridized carbons (Fsp3) is 0.609. The average Bonchev–Trinajstić information content (AvgIpc) is 2.81. The third-order valence-corrected chi connectivity index (χ3v) is 6.48. The summed E-state index contributed by atoms with van der Waals surface area (Å²) in [7, 11) is 1.52. The molecule has 0 spiro atoms. The number of hydrogen-bond donors (Lipinski definition) is 2. The number of carbonyl (C=O) groups is 3. The molecule has 2 aliphatic rings. The average molecular weight is 450 g/mol. The lowest BCUT2D eigenvalue weighted by atomic mass is 9.89. The molecule has 0 radical (unpaired) electrons. The number of hydrogen-bond acceptors (Lipinski definition) is 4. The van der Waals surface area contributed by atoms with Gasteiger partial charge in [-0.15, -0.1) is 0 Å². The zero-order valence-electron chi connectivity index (χ0n) is 18.1. The predicted molar refractivity (Wildman–Crippen MR) is 119 cm³/mol. The molecule has 31 heavy (non-hydrogen) atoms. The molecule has 8 heteroatoms. The number of ether oxygens (including phenoxy) is 1. The van der Waals surface area contributed by atoms with Crippen LogP contribution in [0.1, 0.15) is 55.3 Å². The number of likely N-dealkylation sites (tertiary alicyclic amines) is 1. The number of nitrogens with one attached hydrogen (secondary N) is 2.